The molecule has 1 atom stereocenters. The molecule has 1 aromatic carbocycles. The number of hydrogen-bond acceptors (Lipinski definition) is 1. The molecule has 0 aliphatic heterocycles. The zero-order valence-electron chi connectivity index (χ0n) is 9.71. The van der Waals surface area contributed by atoms with E-state index in [1.54, 1.807) is 0 Å². The Kier molecular flexibility index (Phi) is 4.87. The first-order valence-corrected chi connectivity index (χ1v) is 5.57. The first kappa shape index (κ1) is 13.1. The molecule has 0 aliphatic rings. The molecule has 1 nitrogen and oxygen atoms in total. The van der Waals surface area contributed by atoms with Crippen molar-refractivity contribution in [2.24, 2.45) is 11.8 Å². The highest BCUT2D eigenvalue weighted by Gasteiger charge is 2.12. The van der Waals surface area contributed by atoms with E-state index < -0.39 is 11.6 Å². The molecule has 1 rings (SSSR count). The Morgan fingerprint density at radius 1 is 1.12 bits per heavy atom. The largest absolute Gasteiger partial charge is 0.396 e. The van der Waals surface area contributed by atoms with Crippen LogP contribution in [-0.2, 0) is 6.42 Å². The summed E-state index contributed by atoms with van der Waals surface area (Å²) in [5, 5.41) is 9.19. The minimum absolute atomic E-state index is 0.0519. The minimum atomic E-state index is -0.559. The molecule has 0 aliphatic carbocycles. The van der Waals surface area contributed by atoms with Crippen LogP contribution in [0.15, 0.2) is 18.2 Å². The number of benzene rings is 1. The Balaban J connectivity index is 2.69. The summed E-state index contributed by atoms with van der Waals surface area (Å²) >= 11 is 0. The van der Waals surface area contributed by atoms with Crippen molar-refractivity contribution in [3.8, 4) is 0 Å². The van der Waals surface area contributed by atoms with E-state index >= 15 is 0 Å². The molecule has 0 radical (unpaired) electrons. The standard InChI is InChI=1S/C13H18F2O/c1-9(2)3-11(8-16)4-10-5-12(14)7-13(15)6-10/h5-7,9,11,16H,3-4,8H2,1-2H3. The zero-order valence-corrected chi connectivity index (χ0v) is 9.71. The summed E-state index contributed by atoms with van der Waals surface area (Å²) in [6, 6.07) is 3.51. The van der Waals surface area contributed by atoms with Gasteiger partial charge in [-0.2, -0.15) is 0 Å². The van der Waals surface area contributed by atoms with Crippen molar-refractivity contribution in [3.05, 3.63) is 35.4 Å². The molecule has 1 unspecified atom stereocenters. The van der Waals surface area contributed by atoms with Gasteiger partial charge >= 0.3 is 0 Å². The molecular weight excluding hydrogens is 210 g/mol. The Bertz CT molecular complexity index is 316. The summed E-state index contributed by atoms with van der Waals surface area (Å²) in [6.45, 7) is 4.18. The highest BCUT2D eigenvalue weighted by atomic mass is 19.1. The summed E-state index contributed by atoms with van der Waals surface area (Å²) in [5.74, 6) is -0.579. The van der Waals surface area contributed by atoms with E-state index in [9.17, 15) is 13.9 Å². The van der Waals surface area contributed by atoms with Crippen LogP contribution in [0.2, 0.25) is 0 Å². The Labute approximate surface area is 95.1 Å². The van der Waals surface area contributed by atoms with E-state index in [0.29, 0.717) is 17.9 Å². The molecular formula is C13H18F2O. The fourth-order valence-corrected chi connectivity index (χ4v) is 1.95. The van der Waals surface area contributed by atoms with Gasteiger partial charge in [-0.15, -0.1) is 0 Å². The maximum atomic E-state index is 12.9. The van der Waals surface area contributed by atoms with Gasteiger partial charge in [-0.1, -0.05) is 13.8 Å². The quantitative estimate of drug-likeness (QED) is 0.820. The third kappa shape index (κ3) is 4.27. The normalized spacial score (nSPS) is 13.1. The summed E-state index contributed by atoms with van der Waals surface area (Å²) < 4.78 is 25.9. The van der Waals surface area contributed by atoms with E-state index in [-0.39, 0.29) is 12.5 Å². The van der Waals surface area contributed by atoms with Crippen molar-refractivity contribution in [1.29, 1.82) is 0 Å². The third-order valence-electron chi connectivity index (χ3n) is 2.51. The van der Waals surface area contributed by atoms with Crippen molar-refractivity contribution in [2.75, 3.05) is 6.61 Å². The van der Waals surface area contributed by atoms with E-state index in [0.717, 1.165) is 12.5 Å². The van der Waals surface area contributed by atoms with Crippen molar-refractivity contribution in [3.63, 3.8) is 0 Å². The average Bonchev–Trinajstić information content (AvgIpc) is 2.14. The second-order valence-corrected chi connectivity index (χ2v) is 4.66. The predicted octanol–water partition coefficient (Wildman–Crippen LogP) is 3.16. The van der Waals surface area contributed by atoms with Crippen LogP contribution in [0, 0.1) is 23.5 Å². The lowest BCUT2D eigenvalue weighted by molar-refractivity contribution is 0.205. The van der Waals surface area contributed by atoms with Crippen molar-refractivity contribution >= 4 is 0 Å². The lowest BCUT2D eigenvalue weighted by atomic mass is 9.91. The van der Waals surface area contributed by atoms with Gasteiger partial charge in [-0.3, -0.25) is 0 Å². The minimum Gasteiger partial charge on any atom is -0.396 e. The van der Waals surface area contributed by atoms with Crippen LogP contribution in [0.3, 0.4) is 0 Å². The van der Waals surface area contributed by atoms with Gasteiger partial charge in [0.15, 0.2) is 0 Å². The summed E-state index contributed by atoms with van der Waals surface area (Å²) in [5.41, 5.74) is 0.609. The molecule has 0 saturated carbocycles. The van der Waals surface area contributed by atoms with Crippen molar-refractivity contribution in [1.82, 2.24) is 0 Å². The lowest BCUT2D eigenvalue weighted by Gasteiger charge is -2.16. The molecule has 1 N–H and O–H groups in total. The van der Waals surface area contributed by atoms with Crippen LogP contribution in [0.25, 0.3) is 0 Å². The molecule has 90 valence electrons. The number of halogens is 2. The molecule has 0 bridgehead atoms. The van der Waals surface area contributed by atoms with Crippen LogP contribution in [0.5, 0.6) is 0 Å². The number of hydrogen-bond donors (Lipinski definition) is 1. The molecule has 3 heteroatoms. The Hall–Kier alpha value is -0.960. The van der Waals surface area contributed by atoms with Crippen LogP contribution in [0.4, 0.5) is 8.78 Å². The highest BCUT2D eigenvalue weighted by molar-refractivity contribution is 5.18. The number of aliphatic hydroxyl groups is 1. The first-order valence-electron chi connectivity index (χ1n) is 5.57. The highest BCUT2D eigenvalue weighted by Crippen LogP contribution is 2.18. The number of rotatable bonds is 5. The van der Waals surface area contributed by atoms with E-state index in [2.05, 4.69) is 13.8 Å². The summed E-state index contributed by atoms with van der Waals surface area (Å²) in [4.78, 5) is 0. The fraction of sp³-hybridized carbons (Fsp3) is 0.538. The van der Waals surface area contributed by atoms with Gasteiger partial charge in [-0.05, 0) is 42.4 Å². The molecule has 0 saturated heterocycles. The third-order valence-corrected chi connectivity index (χ3v) is 2.51. The zero-order chi connectivity index (χ0) is 12.1. The molecule has 0 heterocycles. The van der Waals surface area contributed by atoms with Crippen LogP contribution in [-0.4, -0.2) is 11.7 Å². The second-order valence-electron chi connectivity index (χ2n) is 4.66. The van der Waals surface area contributed by atoms with E-state index in [1.807, 2.05) is 0 Å². The van der Waals surface area contributed by atoms with Gasteiger partial charge in [0.1, 0.15) is 11.6 Å². The van der Waals surface area contributed by atoms with Crippen molar-refractivity contribution in [2.45, 2.75) is 26.7 Å². The smallest absolute Gasteiger partial charge is 0.126 e. The average molecular weight is 228 g/mol. The lowest BCUT2D eigenvalue weighted by Crippen LogP contribution is -2.12. The Morgan fingerprint density at radius 2 is 1.69 bits per heavy atom. The molecule has 1 aromatic rings. The first-order chi connectivity index (χ1) is 7.51. The van der Waals surface area contributed by atoms with Crippen LogP contribution >= 0.6 is 0 Å². The SMILES string of the molecule is CC(C)CC(CO)Cc1cc(F)cc(F)c1. The van der Waals surface area contributed by atoms with Gasteiger partial charge in [0, 0.05) is 12.7 Å². The van der Waals surface area contributed by atoms with Crippen LogP contribution < -0.4 is 0 Å². The monoisotopic (exact) mass is 228 g/mol. The van der Waals surface area contributed by atoms with Crippen LogP contribution in [0.1, 0.15) is 25.8 Å². The molecule has 16 heavy (non-hydrogen) atoms. The fourth-order valence-electron chi connectivity index (χ4n) is 1.95. The summed E-state index contributed by atoms with van der Waals surface area (Å²) in [7, 11) is 0. The van der Waals surface area contributed by atoms with E-state index in [1.165, 1.54) is 12.1 Å². The second kappa shape index (κ2) is 5.94. The van der Waals surface area contributed by atoms with Gasteiger partial charge in [0.2, 0.25) is 0 Å². The predicted molar refractivity (Wildman–Crippen MR) is 60.1 cm³/mol. The molecule has 0 amide bonds. The van der Waals surface area contributed by atoms with Crippen molar-refractivity contribution < 1.29 is 13.9 Å². The summed E-state index contributed by atoms with van der Waals surface area (Å²) in [6.07, 6.45) is 1.37. The van der Waals surface area contributed by atoms with Gasteiger partial charge in [0.05, 0.1) is 0 Å². The Morgan fingerprint density at radius 3 is 2.12 bits per heavy atom. The topological polar surface area (TPSA) is 20.2 Å². The maximum absolute atomic E-state index is 12.9. The molecule has 0 spiro atoms. The van der Waals surface area contributed by atoms with Gasteiger partial charge in [-0.25, -0.2) is 8.78 Å². The molecule has 0 aromatic heterocycles. The molecule has 0 fully saturated rings. The van der Waals surface area contributed by atoms with E-state index in [4.69, 9.17) is 0 Å². The van der Waals surface area contributed by atoms with Gasteiger partial charge in [0.25, 0.3) is 0 Å². The van der Waals surface area contributed by atoms with Gasteiger partial charge < -0.3 is 5.11 Å². The maximum Gasteiger partial charge on any atom is 0.126 e. The number of aliphatic hydroxyl groups excluding tert-OH is 1.